The third-order valence-corrected chi connectivity index (χ3v) is 2.86. The van der Waals surface area contributed by atoms with Crippen molar-refractivity contribution in [1.82, 2.24) is 0 Å². The molecule has 1 fully saturated rings. The fourth-order valence-electron chi connectivity index (χ4n) is 1.17. The molecule has 0 atom stereocenters. The average molecular weight is 178 g/mol. The van der Waals surface area contributed by atoms with Gasteiger partial charge in [0.15, 0.2) is 5.17 Å². The van der Waals surface area contributed by atoms with E-state index in [-0.39, 0.29) is 0 Å². The van der Waals surface area contributed by atoms with Crippen LogP contribution in [0.4, 0.5) is 5.69 Å². The fraction of sp³-hybridized carbons (Fsp3) is 0.222. The first kappa shape index (κ1) is 7.68. The lowest BCUT2D eigenvalue weighted by Crippen LogP contribution is -2.38. The molecule has 3 heteroatoms. The van der Waals surface area contributed by atoms with E-state index >= 15 is 0 Å². The monoisotopic (exact) mass is 178 g/mol. The van der Waals surface area contributed by atoms with Crippen LogP contribution in [0.1, 0.15) is 0 Å². The minimum absolute atomic E-state index is 1.02. The van der Waals surface area contributed by atoms with Crippen LogP contribution < -0.4 is 4.90 Å². The van der Waals surface area contributed by atoms with Crippen molar-refractivity contribution in [2.45, 2.75) is 0 Å². The summed E-state index contributed by atoms with van der Waals surface area (Å²) in [6, 6.07) is 10.3. The summed E-state index contributed by atoms with van der Waals surface area (Å²) in [5, 5.41) is 1.11. The van der Waals surface area contributed by atoms with Crippen molar-refractivity contribution in [2.24, 2.45) is 4.99 Å². The highest BCUT2D eigenvalue weighted by atomic mass is 32.2. The van der Waals surface area contributed by atoms with Crippen LogP contribution in [-0.2, 0) is 0 Å². The molecule has 1 heterocycles. The van der Waals surface area contributed by atoms with Crippen LogP contribution in [0, 0.1) is 0 Å². The summed E-state index contributed by atoms with van der Waals surface area (Å²) in [6.45, 7) is 0. The maximum absolute atomic E-state index is 4.16. The Labute approximate surface area is 76.3 Å². The molecule has 1 saturated heterocycles. The quantitative estimate of drug-likeness (QED) is 0.655. The van der Waals surface area contributed by atoms with Crippen molar-refractivity contribution in [1.29, 1.82) is 0 Å². The third-order valence-electron chi connectivity index (χ3n) is 1.81. The van der Waals surface area contributed by atoms with Crippen LogP contribution in [0.3, 0.4) is 0 Å². The number of nitrogens with zero attached hydrogens (tertiary/aromatic N) is 2. The first-order valence-corrected chi connectivity index (χ1v) is 4.82. The van der Waals surface area contributed by atoms with Crippen LogP contribution in [0.15, 0.2) is 35.3 Å². The van der Waals surface area contributed by atoms with Gasteiger partial charge in [-0.05, 0) is 12.1 Å². The first-order valence-electron chi connectivity index (χ1n) is 3.84. The second kappa shape index (κ2) is 3.19. The number of rotatable bonds is 1. The van der Waals surface area contributed by atoms with Gasteiger partial charge in [0.25, 0.3) is 0 Å². The number of hydrogen-bond acceptors (Lipinski definition) is 2. The molecule has 62 valence electrons. The molecule has 0 unspecified atom stereocenters. The lowest BCUT2D eigenvalue weighted by atomic mass is 10.3. The molecule has 0 amide bonds. The van der Waals surface area contributed by atoms with E-state index in [1.807, 2.05) is 25.2 Å². The second-order valence-corrected chi connectivity index (χ2v) is 3.46. The molecule has 0 aromatic heterocycles. The molecule has 0 saturated carbocycles. The maximum atomic E-state index is 4.16. The van der Waals surface area contributed by atoms with Gasteiger partial charge in [-0.3, -0.25) is 4.99 Å². The smallest absolute Gasteiger partial charge is 0.165 e. The summed E-state index contributed by atoms with van der Waals surface area (Å²) in [5.74, 6) is 1.02. The number of thioether (sulfide) groups is 1. The van der Waals surface area contributed by atoms with Gasteiger partial charge in [-0.2, -0.15) is 0 Å². The molecule has 1 aliphatic heterocycles. The van der Waals surface area contributed by atoms with Crippen LogP contribution >= 0.6 is 11.8 Å². The molecule has 1 aromatic rings. The predicted molar refractivity (Wildman–Crippen MR) is 54.7 cm³/mol. The molecule has 2 rings (SSSR count). The first-order chi connectivity index (χ1) is 5.92. The number of anilines is 1. The van der Waals surface area contributed by atoms with Gasteiger partial charge >= 0.3 is 0 Å². The predicted octanol–water partition coefficient (Wildman–Crippen LogP) is 2.18. The highest BCUT2D eigenvalue weighted by Crippen LogP contribution is 2.29. The Kier molecular flexibility index (Phi) is 2.04. The van der Waals surface area contributed by atoms with Crippen molar-refractivity contribution in [2.75, 3.05) is 17.8 Å². The zero-order valence-electron chi connectivity index (χ0n) is 6.90. The molecule has 0 radical (unpaired) electrons. The Morgan fingerprint density at radius 2 is 2.08 bits per heavy atom. The summed E-state index contributed by atoms with van der Waals surface area (Å²) >= 11 is 1.78. The standard InChI is InChI=1S/C9H10N2S/c1-10-9-11(7-12-9)8-5-3-2-4-6-8/h2-6H,7H2,1H3. The Morgan fingerprint density at radius 3 is 2.58 bits per heavy atom. The van der Waals surface area contributed by atoms with Gasteiger partial charge in [0, 0.05) is 12.7 Å². The Bertz CT molecular complexity index is 295. The number of aliphatic imine (C=N–C) groups is 1. The number of hydrogen-bond donors (Lipinski definition) is 0. The van der Waals surface area contributed by atoms with E-state index in [2.05, 4.69) is 22.0 Å². The van der Waals surface area contributed by atoms with Crippen molar-refractivity contribution in [3.8, 4) is 0 Å². The molecule has 0 spiro atoms. The lowest BCUT2D eigenvalue weighted by Gasteiger charge is -2.33. The third kappa shape index (κ3) is 1.20. The van der Waals surface area contributed by atoms with Gasteiger partial charge in [0.2, 0.25) is 0 Å². The van der Waals surface area contributed by atoms with E-state index in [4.69, 9.17) is 0 Å². The molecule has 2 nitrogen and oxygen atoms in total. The van der Waals surface area contributed by atoms with Gasteiger partial charge in [-0.15, -0.1) is 0 Å². The fourth-order valence-corrected chi connectivity index (χ4v) is 1.92. The largest absolute Gasteiger partial charge is 0.311 e. The van der Waals surface area contributed by atoms with E-state index in [0.717, 1.165) is 11.0 Å². The number of amidine groups is 1. The summed E-state index contributed by atoms with van der Waals surface area (Å²) in [4.78, 5) is 6.36. The topological polar surface area (TPSA) is 15.6 Å². The summed E-state index contributed by atoms with van der Waals surface area (Å²) < 4.78 is 0. The molecule has 12 heavy (non-hydrogen) atoms. The van der Waals surface area contributed by atoms with Crippen LogP contribution in [0.2, 0.25) is 0 Å². The van der Waals surface area contributed by atoms with Gasteiger partial charge in [0.1, 0.15) is 0 Å². The molecule has 0 aliphatic carbocycles. The Hall–Kier alpha value is -0.960. The second-order valence-electron chi connectivity index (χ2n) is 2.54. The van der Waals surface area contributed by atoms with E-state index in [1.165, 1.54) is 5.69 Å². The van der Waals surface area contributed by atoms with Crippen LogP contribution in [-0.4, -0.2) is 18.1 Å². The molecule has 0 bridgehead atoms. The van der Waals surface area contributed by atoms with E-state index in [0.29, 0.717) is 0 Å². The van der Waals surface area contributed by atoms with Crippen molar-refractivity contribution in [3.05, 3.63) is 30.3 Å². The number of benzene rings is 1. The van der Waals surface area contributed by atoms with Crippen molar-refractivity contribution < 1.29 is 0 Å². The minimum atomic E-state index is 1.02. The van der Waals surface area contributed by atoms with Gasteiger partial charge in [0.05, 0.1) is 5.88 Å². The summed E-state index contributed by atoms with van der Waals surface area (Å²) in [7, 11) is 1.83. The average Bonchev–Trinajstić information content (AvgIpc) is 2.05. The van der Waals surface area contributed by atoms with E-state index in [1.54, 1.807) is 11.8 Å². The Morgan fingerprint density at radius 1 is 1.33 bits per heavy atom. The van der Waals surface area contributed by atoms with Crippen LogP contribution in [0.25, 0.3) is 0 Å². The molecule has 1 aromatic carbocycles. The molecule has 0 N–H and O–H groups in total. The van der Waals surface area contributed by atoms with E-state index < -0.39 is 0 Å². The highest BCUT2D eigenvalue weighted by molar-refractivity contribution is 8.16. The van der Waals surface area contributed by atoms with Gasteiger partial charge < -0.3 is 4.90 Å². The highest BCUT2D eigenvalue weighted by Gasteiger charge is 2.22. The van der Waals surface area contributed by atoms with E-state index in [9.17, 15) is 0 Å². The molecular weight excluding hydrogens is 168 g/mol. The zero-order chi connectivity index (χ0) is 8.39. The van der Waals surface area contributed by atoms with Gasteiger partial charge in [-0.1, -0.05) is 30.0 Å². The van der Waals surface area contributed by atoms with Crippen molar-refractivity contribution in [3.63, 3.8) is 0 Å². The van der Waals surface area contributed by atoms with Crippen LogP contribution in [0.5, 0.6) is 0 Å². The molecule has 1 aliphatic rings. The Balaban J connectivity index is 2.22. The normalized spacial score (nSPS) is 19.4. The van der Waals surface area contributed by atoms with Crippen molar-refractivity contribution >= 4 is 22.6 Å². The minimum Gasteiger partial charge on any atom is -0.311 e. The SMILES string of the molecule is CN=C1SCN1c1ccccc1. The number of para-hydroxylation sites is 1. The molecular formula is C9H10N2S. The van der Waals surface area contributed by atoms with Gasteiger partial charge in [-0.25, -0.2) is 0 Å². The zero-order valence-corrected chi connectivity index (χ0v) is 7.71. The lowest BCUT2D eigenvalue weighted by molar-refractivity contribution is 1.19. The summed E-state index contributed by atoms with van der Waals surface area (Å²) in [5.41, 5.74) is 1.23. The maximum Gasteiger partial charge on any atom is 0.165 e. The summed E-state index contributed by atoms with van der Waals surface area (Å²) in [6.07, 6.45) is 0.